The van der Waals surface area contributed by atoms with Gasteiger partial charge < -0.3 is 4.90 Å². The summed E-state index contributed by atoms with van der Waals surface area (Å²) in [5.74, 6) is -0.327. The fourth-order valence-electron chi connectivity index (χ4n) is 3.00. The number of alkyl halides is 3. The Balaban J connectivity index is 2.03. The predicted molar refractivity (Wildman–Crippen MR) is 97.8 cm³/mol. The quantitative estimate of drug-likeness (QED) is 0.766. The maximum absolute atomic E-state index is 13.3. The van der Waals surface area contributed by atoms with Gasteiger partial charge in [0.2, 0.25) is 0 Å². The van der Waals surface area contributed by atoms with Gasteiger partial charge in [0.05, 0.1) is 5.56 Å². The molecule has 1 aromatic carbocycles. The Labute approximate surface area is 157 Å². The van der Waals surface area contributed by atoms with Gasteiger partial charge in [0.1, 0.15) is 0 Å². The van der Waals surface area contributed by atoms with Crippen molar-refractivity contribution in [1.29, 1.82) is 0 Å². The number of rotatable bonds is 4. The van der Waals surface area contributed by atoms with Gasteiger partial charge >= 0.3 is 6.18 Å². The molecule has 1 amide bonds. The maximum Gasteiger partial charge on any atom is 0.435 e. The van der Waals surface area contributed by atoms with E-state index in [1.807, 2.05) is 18.2 Å². The minimum atomic E-state index is -4.68. The fraction of sp³-hybridized carbons (Fsp3) is 0.500. The number of nitrogens with zero attached hydrogens (tertiary/aromatic N) is 3. The first-order valence-corrected chi connectivity index (χ1v) is 9.00. The molecule has 1 heterocycles. The molecule has 1 saturated carbocycles. The SMILES string of the molecule is Cn1cc(C(=O)N(CC2CC2)c2cccc(C(C)(C)C)c2)c(C(F)(F)F)n1. The van der Waals surface area contributed by atoms with E-state index >= 15 is 0 Å². The molecule has 0 unspecified atom stereocenters. The van der Waals surface area contributed by atoms with Gasteiger partial charge in [-0.3, -0.25) is 9.48 Å². The zero-order valence-electron chi connectivity index (χ0n) is 16.0. The van der Waals surface area contributed by atoms with E-state index in [0.29, 0.717) is 18.2 Å². The summed E-state index contributed by atoms with van der Waals surface area (Å²) in [5, 5.41) is 3.47. The van der Waals surface area contributed by atoms with Crippen molar-refractivity contribution in [2.24, 2.45) is 13.0 Å². The number of aromatic nitrogens is 2. The summed E-state index contributed by atoms with van der Waals surface area (Å²) in [5.41, 5.74) is -0.0304. The van der Waals surface area contributed by atoms with E-state index in [-0.39, 0.29) is 5.41 Å². The van der Waals surface area contributed by atoms with E-state index in [4.69, 9.17) is 0 Å². The minimum absolute atomic E-state index is 0.129. The summed E-state index contributed by atoms with van der Waals surface area (Å²) in [7, 11) is 1.39. The molecular weight excluding hydrogens is 355 g/mol. The number of amides is 1. The van der Waals surface area contributed by atoms with Gasteiger partial charge in [0, 0.05) is 25.5 Å². The molecule has 0 bridgehead atoms. The third-order valence-corrected chi connectivity index (χ3v) is 4.73. The zero-order valence-corrected chi connectivity index (χ0v) is 16.0. The Morgan fingerprint density at radius 1 is 1.26 bits per heavy atom. The Bertz CT molecular complexity index is 845. The molecule has 0 aliphatic heterocycles. The van der Waals surface area contributed by atoms with Crippen LogP contribution in [0.25, 0.3) is 0 Å². The summed E-state index contributed by atoms with van der Waals surface area (Å²) in [6.45, 7) is 6.59. The summed E-state index contributed by atoms with van der Waals surface area (Å²) in [6, 6.07) is 7.48. The minimum Gasteiger partial charge on any atom is -0.308 e. The molecule has 7 heteroatoms. The van der Waals surface area contributed by atoms with Gasteiger partial charge in [-0.05, 0) is 41.9 Å². The van der Waals surface area contributed by atoms with Gasteiger partial charge in [-0.25, -0.2) is 0 Å². The highest BCUT2D eigenvalue weighted by Gasteiger charge is 2.41. The number of halogens is 3. The van der Waals surface area contributed by atoms with Gasteiger partial charge in [-0.1, -0.05) is 32.9 Å². The van der Waals surface area contributed by atoms with Crippen LogP contribution in [0.4, 0.5) is 18.9 Å². The van der Waals surface area contributed by atoms with Crippen molar-refractivity contribution in [3.05, 3.63) is 47.3 Å². The second-order valence-corrected chi connectivity index (χ2v) is 8.22. The van der Waals surface area contributed by atoms with Crippen molar-refractivity contribution in [2.45, 2.75) is 45.2 Å². The largest absolute Gasteiger partial charge is 0.435 e. The number of hydrogen-bond acceptors (Lipinski definition) is 2. The fourth-order valence-corrected chi connectivity index (χ4v) is 3.00. The topological polar surface area (TPSA) is 38.1 Å². The zero-order chi connectivity index (χ0) is 20.0. The average molecular weight is 379 g/mol. The number of aryl methyl sites for hydroxylation is 1. The van der Waals surface area contributed by atoms with Crippen LogP contribution in [0.2, 0.25) is 0 Å². The summed E-state index contributed by atoms with van der Waals surface area (Å²) in [4.78, 5) is 14.6. The lowest BCUT2D eigenvalue weighted by Gasteiger charge is -2.26. The van der Waals surface area contributed by atoms with E-state index in [2.05, 4.69) is 25.9 Å². The lowest BCUT2D eigenvalue weighted by Crippen LogP contribution is -2.34. The third-order valence-electron chi connectivity index (χ3n) is 4.73. The molecule has 146 valence electrons. The smallest absolute Gasteiger partial charge is 0.308 e. The van der Waals surface area contributed by atoms with Gasteiger partial charge in [-0.15, -0.1) is 0 Å². The van der Waals surface area contributed by atoms with E-state index in [1.54, 1.807) is 6.07 Å². The van der Waals surface area contributed by atoms with Crippen LogP contribution in [0.3, 0.4) is 0 Å². The Kier molecular flexibility index (Phi) is 4.82. The van der Waals surface area contributed by atoms with Crippen LogP contribution < -0.4 is 4.90 Å². The monoisotopic (exact) mass is 379 g/mol. The first-order valence-electron chi connectivity index (χ1n) is 9.00. The summed E-state index contributed by atoms with van der Waals surface area (Å²) < 4.78 is 41.0. The number of anilines is 1. The van der Waals surface area contributed by atoms with Crippen LogP contribution in [0, 0.1) is 5.92 Å². The normalized spacial score (nSPS) is 15.1. The van der Waals surface area contributed by atoms with Crippen molar-refractivity contribution < 1.29 is 18.0 Å². The highest BCUT2D eigenvalue weighted by molar-refractivity contribution is 6.07. The number of hydrogen-bond donors (Lipinski definition) is 0. The van der Waals surface area contributed by atoms with Crippen LogP contribution in [0.15, 0.2) is 30.5 Å². The van der Waals surface area contributed by atoms with Gasteiger partial charge in [-0.2, -0.15) is 18.3 Å². The Morgan fingerprint density at radius 3 is 2.48 bits per heavy atom. The van der Waals surface area contributed by atoms with Crippen LogP contribution in [0.1, 0.15) is 55.2 Å². The third kappa shape index (κ3) is 4.34. The molecule has 0 saturated heterocycles. The second kappa shape index (κ2) is 6.69. The molecular formula is C20H24F3N3O. The average Bonchev–Trinajstić information content (AvgIpc) is 3.29. The van der Waals surface area contributed by atoms with Crippen LogP contribution in [-0.2, 0) is 18.6 Å². The van der Waals surface area contributed by atoms with Crippen molar-refractivity contribution in [3.8, 4) is 0 Å². The predicted octanol–water partition coefficient (Wildman–Crippen LogP) is 4.79. The molecule has 1 aliphatic rings. The first kappa shape index (κ1) is 19.5. The van der Waals surface area contributed by atoms with Crippen molar-refractivity contribution >= 4 is 11.6 Å². The van der Waals surface area contributed by atoms with Crippen LogP contribution in [-0.4, -0.2) is 22.2 Å². The number of benzene rings is 1. The highest BCUT2D eigenvalue weighted by Crippen LogP contribution is 2.36. The van der Waals surface area contributed by atoms with E-state index in [0.717, 1.165) is 29.3 Å². The molecule has 2 aromatic rings. The maximum atomic E-state index is 13.3. The number of carbonyl (C=O) groups is 1. The van der Waals surface area contributed by atoms with Crippen LogP contribution >= 0.6 is 0 Å². The lowest BCUT2D eigenvalue weighted by atomic mass is 9.87. The molecule has 1 aliphatic carbocycles. The second-order valence-electron chi connectivity index (χ2n) is 8.22. The standard InChI is InChI=1S/C20H24F3N3O/c1-19(2,3)14-6-5-7-15(10-14)26(11-13-8-9-13)18(27)16-12-25(4)24-17(16)20(21,22)23/h5-7,10,12-13H,8-9,11H2,1-4H3. The van der Waals surface area contributed by atoms with Crippen molar-refractivity contribution in [2.75, 3.05) is 11.4 Å². The lowest BCUT2D eigenvalue weighted by molar-refractivity contribution is -0.141. The van der Waals surface area contributed by atoms with E-state index in [1.165, 1.54) is 11.9 Å². The molecule has 1 fully saturated rings. The van der Waals surface area contributed by atoms with E-state index < -0.39 is 23.3 Å². The molecule has 0 spiro atoms. The molecule has 0 atom stereocenters. The van der Waals surface area contributed by atoms with Gasteiger partial charge in [0.25, 0.3) is 5.91 Å². The number of carbonyl (C=O) groups excluding carboxylic acids is 1. The van der Waals surface area contributed by atoms with Crippen LogP contribution in [0.5, 0.6) is 0 Å². The Hall–Kier alpha value is -2.31. The molecule has 0 radical (unpaired) electrons. The molecule has 4 nitrogen and oxygen atoms in total. The first-order chi connectivity index (χ1) is 12.5. The highest BCUT2D eigenvalue weighted by atomic mass is 19.4. The summed E-state index contributed by atoms with van der Waals surface area (Å²) >= 11 is 0. The Morgan fingerprint density at radius 2 is 1.93 bits per heavy atom. The molecule has 27 heavy (non-hydrogen) atoms. The molecule has 1 aromatic heterocycles. The molecule has 0 N–H and O–H groups in total. The molecule has 3 rings (SSSR count). The van der Waals surface area contributed by atoms with Gasteiger partial charge in [0.15, 0.2) is 5.69 Å². The van der Waals surface area contributed by atoms with E-state index in [9.17, 15) is 18.0 Å². The summed E-state index contributed by atoms with van der Waals surface area (Å²) in [6.07, 6.45) is -1.55. The van der Waals surface area contributed by atoms with Crippen molar-refractivity contribution in [1.82, 2.24) is 9.78 Å². The van der Waals surface area contributed by atoms with Crippen molar-refractivity contribution in [3.63, 3.8) is 0 Å².